The van der Waals surface area contributed by atoms with Crippen LogP contribution in [-0.2, 0) is 20.8 Å². The summed E-state index contributed by atoms with van der Waals surface area (Å²) in [6.07, 6.45) is 3.88. The van der Waals surface area contributed by atoms with Crippen LogP contribution in [0.2, 0.25) is 0 Å². The number of hydrogen-bond donors (Lipinski definition) is 0. The Morgan fingerprint density at radius 1 is 1.32 bits per heavy atom. The van der Waals surface area contributed by atoms with Crippen molar-refractivity contribution in [1.29, 1.82) is 0 Å². The third-order valence-corrected chi connectivity index (χ3v) is 4.61. The van der Waals surface area contributed by atoms with Crippen molar-refractivity contribution in [2.75, 3.05) is 13.7 Å². The maximum atomic E-state index is 12.8. The maximum Gasteiger partial charge on any atom is 0.411 e. The summed E-state index contributed by atoms with van der Waals surface area (Å²) >= 11 is 0. The minimum atomic E-state index is -0.366. The SMILES string of the molecule is C=C1C[C@H]2C(OC)=C[CH][C@@H]([C@H]1OCC)N2C(=O)OCc1ccccc1. The summed E-state index contributed by atoms with van der Waals surface area (Å²) in [5.41, 5.74) is 1.93. The van der Waals surface area contributed by atoms with Gasteiger partial charge in [-0.2, -0.15) is 0 Å². The van der Waals surface area contributed by atoms with E-state index in [2.05, 4.69) is 6.58 Å². The normalized spacial score (nSPS) is 25.4. The molecule has 1 amide bonds. The lowest BCUT2D eigenvalue weighted by Gasteiger charge is -2.48. The third-order valence-electron chi connectivity index (χ3n) is 4.61. The van der Waals surface area contributed by atoms with E-state index in [1.807, 2.05) is 49.8 Å². The van der Waals surface area contributed by atoms with Gasteiger partial charge in [-0.05, 0) is 30.6 Å². The molecule has 1 radical (unpaired) electrons. The van der Waals surface area contributed by atoms with E-state index in [9.17, 15) is 4.79 Å². The first-order valence-corrected chi connectivity index (χ1v) is 8.53. The van der Waals surface area contributed by atoms with E-state index >= 15 is 0 Å². The number of carbonyl (C=O) groups excluding carboxylic acids is 1. The van der Waals surface area contributed by atoms with E-state index < -0.39 is 0 Å². The van der Waals surface area contributed by atoms with Gasteiger partial charge < -0.3 is 14.2 Å². The second kappa shape index (κ2) is 7.74. The molecule has 0 saturated carbocycles. The molecule has 2 aliphatic heterocycles. The first-order chi connectivity index (χ1) is 12.2. The Bertz CT molecular complexity index is 655. The molecule has 0 N–H and O–H groups in total. The van der Waals surface area contributed by atoms with Crippen molar-refractivity contribution in [3.8, 4) is 0 Å². The molecule has 2 aliphatic rings. The van der Waals surface area contributed by atoms with E-state index in [1.54, 1.807) is 12.0 Å². The van der Waals surface area contributed by atoms with Crippen molar-refractivity contribution in [2.24, 2.45) is 0 Å². The van der Waals surface area contributed by atoms with E-state index in [-0.39, 0.29) is 30.9 Å². The lowest BCUT2D eigenvalue weighted by molar-refractivity contribution is -0.0232. The largest absolute Gasteiger partial charge is 0.499 e. The van der Waals surface area contributed by atoms with Gasteiger partial charge in [0.05, 0.1) is 25.3 Å². The molecule has 0 aliphatic carbocycles. The van der Waals surface area contributed by atoms with Crippen molar-refractivity contribution in [3.05, 3.63) is 66.3 Å². The fourth-order valence-corrected chi connectivity index (χ4v) is 3.44. The maximum absolute atomic E-state index is 12.8. The molecule has 0 unspecified atom stereocenters. The Morgan fingerprint density at radius 2 is 2.08 bits per heavy atom. The van der Waals surface area contributed by atoms with Crippen LogP contribution < -0.4 is 0 Å². The number of fused-ring (bicyclic) bond motifs is 2. The van der Waals surface area contributed by atoms with Crippen LogP contribution in [0.1, 0.15) is 18.9 Å². The van der Waals surface area contributed by atoms with Gasteiger partial charge in [0.2, 0.25) is 0 Å². The van der Waals surface area contributed by atoms with Crippen LogP contribution in [-0.4, -0.2) is 42.9 Å². The van der Waals surface area contributed by atoms with Crippen LogP contribution >= 0.6 is 0 Å². The minimum Gasteiger partial charge on any atom is -0.499 e. The van der Waals surface area contributed by atoms with Gasteiger partial charge in [-0.15, -0.1) is 0 Å². The first-order valence-electron chi connectivity index (χ1n) is 8.53. The number of rotatable bonds is 5. The predicted molar refractivity (Wildman–Crippen MR) is 94.6 cm³/mol. The summed E-state index contributed by atoms with van der Waals surface area (Å²) in [5, 5.41) is 0. The molecule has 3 atom stereocenters. The Hall–Kier alpha value is -2.27. The number of ether oxygens (including phenoxy) is 3. The molecular formula is C20H24NO4. The smallest absolute Gasteiger partial charge is 0.411 e. The molecule has 2 heterocycles. The zero-order chi connectivity index (χ0) is 17.8. The lowest BCUT2D eigenvalue weighted by Crippen LogP contribution is -2.60. The monoisotopic (exact) mass is 342 g/mol. The Kier molecular flexibility index (Phi) is 5.43. The number of piperidine rings is 1. The van der Waals surface area contributed by atoms with E-state index in [0.29, 0.717) is 13.0 Å². The average Bonchev–Trinajstić information content (AvgIpc) is 2.63. The number of carbonyl (C=O) groups is 1. The summed E-state index contributed by atoms with van der Waals surface area (Å²) in [6, 6.07) is 9.22. The zero-order valence-electron chi connectivity index (χ0n) is 14.7. The average molecular weight is 342 g/mol. The summed E-state index contributed by atoms with van der Waals surface area (Å²) in [4.78, 5) is 14.5. The molecule has 5 nitrogen and oxygen atoms in total. The summed E-state index contributed by atoms with van der Waals surface area (Å²) in [6.45, 7) is 6.89. The highest BCUT2D eigenvalue weighted by Crippen LogP contribution is 2.38. The van der Waals surface area contributed by atoms with Gasteiger partial charge in [-0.3, -0.25) is 4.90 Å². The standard InChI is InChI=1S/C20H24NO4/c1-4-24-19-14(2)12-17-18(23-3)11-10-16(19)21(17)20(22)25-13-15-8-6-5-7-9-15/h5-11,16-17,19H,2,4,12-13H2,1,3H3/t16-,17-,19-/m0/s1. The number of amides is 1. The third kappa shape index (κ3) is 3.56. The van der Waals surface area contributed by atoms with Crippen LogP contribution in [0.25, 0.3) is 0 Å². The predicted octanol–water partition coefficient (Wildman–Crippen LogP) is 3.48. The van der Waals surface area contributed by atoms with Crippen molar-refractivity contribution < 1.29 is 19.0 Å². The van der Waals surface area contributed by atoms with Crippen LogP contribution in [0.4, 0.5) is 4.79 Å². The molecule has 1 aromatic rings. The van der Waals surface area contributed by atoms with E-state index in [1.165, 1.54) is 0 Å². The highest BCUT2D eigenvalue weighted by atomic mass is 16.6. The molecule has 1 aromatic carbocycles. The van der Waals surface area contributed by atoms with Crippen molar-refractivity contribution in [3.63, 3.8) is 0 Å². The number of hydrogen-bond acceptors (Lipinski definition) is 4. The second-order valence-electron chi connectivity index (χ2n) is 6.16. The lowest BCUT2D eigenvalue weighted by atomic mass is 9.83. The molecule has 0 spiro atoms. The van der Waals surface area contributed by atoms with Crippen molar-refractivity contribution in [2.45, 2.75) is 38.1 Å². The molecule has 133 valence electrons. The Labute approximate surface area is 148 Å². The van der Waals surface area contributed by atoms with E-state index in [0.717, 1.165) is 16.9 Å². The number of nitrogens with zero attached hydrogens (tertiary/aromatic N) is 1. The van der Waals surface area contributed by atoms with Crippen LogP contribution in [0.3, 0.4) is 0 Å². The van der Waals surface area contributed by atoms with Gasteiger partial charge in [0.1, 0.15) is 12.4 Å². The zero-order valence-corrected chi connectivity index (χ0v) is 14.7. The molecule has 2 bridgehead atoms. The Balaban J connectivity index is 1.78. The van der Waals surface area contributed by atoms with Crippen LogP contribution in [0.5, 0.6) is 0 Å². The van der Waals surface area contributed by atoms with Gasteiger partial charge in [0.25, 0.3) is 0 Å². The molecule has 0 aromatic heterocycles. The second-order valence-corrected chi connectivity index (χ2v) is 6.16. The van der Waals surface area contributed by atoms with Gasteiger partial charge in [-0.1, -0.05) is 36.9 Å². The number of benzene rings is 1. The highest BCUT2D eigenvalue weighted by Gasteiger charge is 2.47. The molecule has 1 fully saturated rings. The topological polar surface area (TPSA) is 48.0 Å². The number of methoxy groups -OCH3 is 1. The van der Waals surface area contributed by atoms with Gasteiger partial charge in [0, 0.05) is 13.0 Å². The van der Waals surface area contributed by atoms with E-state index in [4.69, 9.17) is 14.2 Å². The van der Waals surface area contributed by atoms with Crippen molar-refractivity contribution >= 4 is 6.09 Å². The van der Waals surface area contributed by atoms with Crippen LogP contribution in [0.15, 0.2) is 54.3 Å². The fraction of sp³-hybridized carbons (Fsp3) is 0.400. The van der Waals surface area contributed by atoms with Gasteiger partial charge >= 0.3 is 6.09 Å². The van der Waals surface area contributed by atoms with Gasteiger partial charge in [-0.25, -0.2) is 4.79 Å². The molecule has 25 heavy (non-hydrogen) atoms. The fourth-order valence-electron chi connectivity index (χ4n) is 3.44. The first kappa shape index (κ1) is 17.5. The van der Waals surface area contributed by atoms with Crippen LogP contribution in [0, 0.1) is 6.42 Å². The molecular weight excluding hydrogens is 318 g/mol. The Morgan fingerprint density at radius 3 is 2.76 bits per heavy atom. The summed E-state index contributed by atoms with van der Waals surface area (Å²) < 4.78 is 16.9. The quantitative estimate of drug-likeness (QED) is 0.769. The summed E-state index contributed by atoms with van der Waals surface area (Å²) in [7, 11) is 1.62. The minimum absolute atomic E-state index is 0.201. The summed E-state index contributed by atoms with van der Waals surface area (Å²) in [5.74, 6) is 0.740. The molecule has 3 rings (SSSR count). The highest BCUT2D eigenvalue weighted by molar-refractivity contribution is 5.71. The van der Waals surface area contributed by atoms with Crippen molar-refractivity contribution in [1.82, 2.24) is 4.90 Å². The molecule has 1 saturated heterocycles. The molecule has 5 heteroatoms. The van der Waals surface area contributed by atoms with Gasteiger partial charge in [0.15, 0.2) is 0 Å².